The van der Waals surface area contributed by atoms with Gasteiger partial charge in [-0.25, -0.2) is 0 Å². The smallest absolute Gasteiger partial charge is 0.0949 e. The molecule has 1 aromatic carbocycles. The van der Waals surface area contributed by atoms with Gasteiger partial charge in [0.25, 0.3) is 0 Å². The van der Waals surface area contributed by atoms with Gasteiger partial charge in [-0.05, 0) is 12.1 Å². The van der Waals surface area contributed by atoms with Crippen LogP contribution in [0.5, 0.6) is 0 Å². The third-order valence-electron chi connectivity index (χ3n) is 2.36. The zero-order chi connectivity index (χ0) is 10.8. The highest BCUT2D eigenvalue weighted by Gasteiger charge is 2.08. The lowest BCUT2D eigenvalue weighted by Crippen LogP contribution is -2.19. The van der Waals surface area contributed by atoms with E-state index < -0.39 is 6.10 Å². The number of aliphatic hydroxyl groups is 2. The molecule has 0 amide bonds. The number of hydrogen-bond donors (Lipinski definition) is 2. The van der Waals surface area contributed by atoms with Crippen molar-refractivity contribution >= 4 is 22.5 Å². The van der Waals surface area contributed by atoms with E-state index >= 15 is 0 Å². The van der Waals surface area contributed by atoms with Crippen LogP contribution < -0.4 is 0 Å². The number of hydrogen-bond acceptors (Lipinski definition) is 2. The van der Waals surface area contributed by atoms with Gasteiger partial charge in [0.1, 0.15) is 0 Å². The van der Waals surface area contributed by atoms with Gasteiger partial charge in [-0.1, -0.05) is 23.7 Å². The minimum absolute atomic E-state index is 0.246. The normalized spacial score (nSPS) is 13.3. The molecule has 15 heavy (non-hydrogen) atoms. The van der Waals surface area contributed by atoms with Crippen LogP contribution in [0.15, 0.2) is 30.5 Å². The van der Waals surface area contributed by atoms with Gasteiger partial charge in [0.2, 0.25) is 0 Å². The second-order valence-corrected chi connectivity index (χ2v) is 3.89. The Hall–Kier alpha value is -1.03. The van der Waals surface area contributed by atoms with Crippen molar-refractivity contribution in [3.05, 3.63) is 35.5 Å². The number of benzene rings is 1. The standard InChI is InChI=1S/C11H12ClNO2/c12-10-3-1-2-8-4-5-13(11(8)10)6-9(15)7-14/h1-5,9,14-15H,6-7H2. The van der Waals surface area contributed by atoms with Gasteiger partial charge in [-0.2, -0.15) is 0 Å². The van der Waals surface area contributed by atoms with E-state index in [1.165, 1.54) is 0 Å². The van der Waals surface area contributed by atoms with E-state index in [4.69, 9.17) is 16.7 Å². The van der Waals surface area contributed by atoms with Crippen molar-refractivity contribution in [2.24, 2.45) is 0 Å². The van der Waals surface area contributed by atoms with E-state index in [1.807, 2.05) is 35.0 Å². The summed E-state index contributed by atoms with van der Waals surface area (Å²) in [6.45, 7) is 0.105. The van der Waals surface area contributed by atoms with Crippen LogP contribution in [0.25, 0.3) is 10.9 Å². The third kappa shape index (κ3) is 2.00. The summed E-state index contributed by atoms with van der Waals surface area (Å²) in [7, 11) is 0. The van der Waals surface area contributed by atoms with Gasteiger partial charge in [0, 0.05) is 11.6 Å². The van der Waals surface area contributed by atoms with E-state index in [-0.39, 0.29) is 6.61 Å². The summed E-state index contributed by atoms with van der Waals surface area (Å²) in [6.07, 6.45) is 1.10. The lowest BCUT2D eigenvalue weighted by molar-refractivity contribution is 0.0822. The molecule has 0 saturated heterocycles. The van der Waals surface area contributed by atoms with Crippen LogP contribution in [0, 0.1) is 0 Å². The van der Waals surface area contributed by atoms with Crippen LogP contribution in [0.3, 0.4) is 0 Å². The van der Waals surface area contributed by atoms with Gasteiger partial charge >= 0.3 is 0 Å². The molecule has 1 atom stereocenters. The van der Waals surface area contributed by atoms with E-state index in [0.29, 0.717) is 11.6 Å². The van der Waals surface area contributed by atoms with Crippen LogP contribution in [0.4, 0.5) is 0 Å². The molecule has 1 aromatic heterocycles. The number of halogens is 1. The molecule has 1 heterocycles. The first-order chi connectivity index (χ1) is 7.22. The number of fused-ring (bicyclic) bond motifs is 1. The fourth-order valence-corrected chi connectivity index (χ4v) is 1.94. The maximum atomic E-state index is 9.37. The number of aliphatic hydroxyl groups excluding tert-OH is 2. The monoisotopic (exact) mass is 225 g/mol. The zero-order valence-electron chi connectivity index (χ0n) is 8.10. The molecule has 2 N–H and O–H groups in total. The molecule has 0 bridgehead atoms. The Morgan fingerprint density at radius 2 is 2.13 bits per heavy atom. The van der Waals surface area contributed by atoms with Gasteiger partial charge in [-0.3, -0.25) is 0 Å². The molecule has 0 aliphatic heterocycles. The highest BCUT2D eigenvalue weighted by molar-refractivity contribution is 6.35. The third-order valence-corrected chi connectivity index (χ3v) is 2.66. The van der Waals surface area contributed by atoms with E-state index in [9.17, 15) is 5.11 Å². The molecule has 2 rings (SSSR count). The van der Waals surface area contributed by atoms with Crippen molar-refractivity contribution in [2.75, 3.05) is 6.61 Å². The Balaban J connectivity index is 2.43. The summed E-state index contributed by atoms with van der Waals surface area (Å²) in [5, 5.41) is 19.8. The fourth-order valence-electron chi connectivity index (χ4n) is 1.65. The minimum Gasteiger partial charge on any atom is -0.394 e. The quantitative estimate of drug-likeness (QED) is 0.835. The van der Waals surface area contributed by atoms with E-state index in [1.54, 1.807) is 0 Å². The molecule has 0 saturated carbocycles. The molecule has 0 aliphatic carbocycles. The summed E-state index contributed by atoms with van der Waals surface area (Å²) in [5.74, 6) is 0. The Labute approximate surface area is 92.5 Å². The molecule has 0 aliphatic rings. The molecule has 80 valence electrons. The maximum Gasteiger partial charge on any atom is 0.0949 e. The Morgan fingerprint density at radius 1 is 1.33 bits per heavy atom. The van der Waals surface area contributed by atoms with Crippen LogP contribution >= 0.6 is 11.6 Å². The Morgan fingerprint density at radius 3 is 2.87 bits per heavy atom. The molecular formula is C11H12ClNO2. The van der Waals surface area contributed by atoms with Gasteiger partial charge < -0.3 is 14.8 Å². The molecular weight excluding hydrogens is 214 g/mol. The number of nitrogens with zero attached hydrogens (tertiary/aromatic N) is 1. The topological polar surface area (TPSA) is 45.4 Å². The van der Waals surface area contributed by atoms with Crippen molar-refractivity contribution in [3.8, 4) is 0 Å². The second-order valence-electron chi connectivity index (χ2n) is 3.48. The van der Waals surface area contributed by atoms with Crippen molar-refractivity contribution in [1.29, 1.82) is 0 Å². The summed E-state index contributed by atoms with van der Waals surface area (Å²) >= 11 is 6.07. The van der Waals surface area contributed by atoms with Crippen LogP contribution in [-0.2, 0) is 6.54 Å². The van der Waals surface area contributed by atoms with Crippen LogP contribution in [0.1, 0.15) is 0 Å². The van der Waals surface area contributed by atoms with E-state index in [0.717, 1.165) is 10.9 Å². The summed E-state index contributed by atoms with van der Waals surface area (Å²) in [6, 6.07) is 7.59. The molecule has 0 radical (unpaired) electrons. The first-order valence-corrected chi connectivity index (χ1v) is 5.12. The Kier molecular flexibility index (Phi) is 2.95. The van der Waals surface area contributed by atoms with Crippen molar-refractivity contribution in [3.63, 3.8) is 0 Å². The predicted octanol–water partition coefficient (Wildman–Crippen LogP) is 1.65. The highest BCUT2D eigenvalue weighted by atomic mass is 35.5. The van der Waals surface area contributed by atoms with Crippen LogP contribution in [0.2, 0.25) is 5.02 Å². The first-order valence-electron chi connectivity index (χ1n) is 4.74. The zero-order valence-corrected chi connectivity index (χ0v) is 8.85. The molecule has 0 fully saturated rings. The summed E-state index contributed by atoms with van der Waals surface area (Å²) in [4.78, 5) is 0. The summed E-state index contributed by atoms with van der Waals surface area (Å²) in [5.41, 5.74) is 0.895. The fraction of sp³-hybridized carbons (Fsp3) is 0.273. The van der Waals surface area contributed by atoms with Crippen LogP contribution in [-0.4, -0.2) is 27.5 Å². The minimum atomic E-state index is -0.753. The van der Waals surface area contributed by atoms with Crippen molar-refractivity contribution in [1.82, 2.24) is 4.57 Å². The molecule has 2 aromatic rings. The molecule has 3 nitrogen and oxygen atoms in total. The molecule has 4 heteroatoms. The highest BCUT2D eigenvalue weighted by Crippen LogP contribution is 2.24. The molecule has 0 spiro atoms. The van der Waals surface area contributed by atoms with Gasteiger partial charge in [-0.15, -0.1) is 0 Å². The first kappa shape index (κ1) is 10.5. The van der Waals surface area contributed by atoms with Crippen molar-refractivity contribution in [2.45, 2.75) is 12.6 Å². The van der Waals surface area contributed by atoms with E-state index in [2.05, 4.69) is 0 Å². The van der Waals surface area contributed by atoms with Gasteiger partial charge in [0.05, 0.1) is 29.8 Å². The Bertz CT molecular complexity index is 467. The second kappa shape index (κ2) is 4.23. The average Bonchev–Trinajstić information content (AvgIpc) is 2.63. The largest absolute Gasteiger partial charge is 0.394 e. The maximum absolute atomic E-state index is 9.37. The summed E-state index contributed by atoms with van der Waals surface area (Å²) < 4.78 is 1.85. The lowest BCUT2D eigenvalue weighted by atomic mass is 10.2. The SMILES string of the molecule is OCC(O)Cn1ccc2cccc(Cl)c21. The number of aromatic nitrogens is 1. The molecule has 1 unspecified atom stereocenters. The predicted molar refractivity (Wildman–Crippen MR) is 60.0 cm³/mol. The average molecular weight is 226 g/mol. The number of para-hydroxylation sites is 1. The van der Waals surface area contributed by atoms with Crippen molar-refractivity contribution < 1.29 is 10.2 Å². The lowest BCUT2D eigenvalue weighted by Gasteiger charge is -2.10. The van der Waals surface area contributed by atoms with Gasteiger partial charge in [0.15, 0.2) is 0 Å². The number of rotatable bonds is 3.